The number of nitrogens with one attached hydrogen (secondary N) is 1. The van der Waals surface area contributed by atoms with Crippen molar-refractivity contribution in [1.82, 2.24) is 19.9 Å². The summed E-state index contributed by atoms with van der Waals surface area (Å²) in [5.74, 6) is 0.796. The smallest absolute Gasteiger partial charge is 0.417 e. The molecule has 3 heterocycles. The zero-order valence-corrected chi connectivity index (χ0v) is 14.2. The number of oxazole rings is 1. The van der Waals surface area contributed by atoms with Crippen molar-refractivity contribution in [1.29, 1.82) is 0 Å². The first kappa shape index (κ1) is 16.5. The molecule has 0 bridgehead atoms. The van der Waals surface area contributed by atoms with E-state index < -0.39 is 11.7 Å². The number of hydrogen-bond donors (Lipinski definition) is 1. The number of benzene rings is 2. The van der Waals surface area contributed by atoms with Gasteiger partial charge in [-0.1, -0.05) is 18.2 Å². The monoisotopic (exact) mass is 380 g/mol. The van der Waals surface area contributed by atoms with Gasteiger partial charge in [-0.2, -0.15) is 13.2 Å². The second-order valence-electron chi connectivity index (χ2n) is 6.26. The molecule has 0 aliphatic rings. The lowest BCUT2D eigenvalue weighted by Gasteiger charge is -2.08. The molecule has 28 heavy (non-hydrogen) atoms. The molecule has 0 saturated heterocycles. The molecule has 0 aliphatic heterocycles. The van der Waals surface area contributed by atoms with Gasteiger partial charge in [0.2, 0.25) is 0 Å². The Bertz CT molecular complexity index is 1290. The van der Waals surface area contributed by atoms with Crippen LogP contribution in [0.5, 0.6) is 0 Å². The topological polar surface area (TPSA) is 67.6 Å². The average Bonchev–Trinajstić information content (AvgIpc) is 3.30. The molecule has 0 atom stereocenters. The number of rotatable bonds is 2. The van der Waals surface area contributed by atoms with Crippen LogP contribution >= 0.6 is 0 Å². The normalized spacial score (nSPS) is 12.1. The highest BCUT2D eigenvalue weighted by Gasteiger charge is 2.31. The molecule has 1 N–H and O–H groups in total. The lowest BCUT2D eigenvalue weighted by molar-refractivity contribution is -0.137. The first-order chi connectivity index (χ1) is 13.5. The van der Waals surface area contributed by atoms with E-state index in [1.54, 1.807) is 18.2 Å². The van der Waals surface area contributed by atoms with Gasteiger partial charge in [0.05, 0.1) is 16.6 Å². The Balaban J connectivity index is 1.57. The zero-order valence-electron chi connectivity index (χ0n) is 14.2. The van der Waals surface area contributed by atoms with Crippen LogP contribution in [0.15, 0.2) is 65.3 Å². The predicted octanol–water partition coefficient (Wildman–Crippen LogP) is 5.45. The Morgan fingerprint density at radius 1 is 0.857 bits per heavy atom. The number of para-hydroxylation sites is 2. The maximum absolute atomic E-state index is 12.9. The highest BCUT2D eigenvalue weighted by Crippen LogP contribution is 2.33. The maximum Gasteiger partial charge on any atom is 0.417 e. The molecule has 0 amide bonds. The Morgan fingerprint density at radius 3 is 2.54 bits per heavy atom. The third kappa shape index (κ3) is 2.79. The molecule has 0 fully saturated rings. The van der Waals surface area contributed by atoms with Crippen LogP contribution in [0.1, 0.15) is 5.56 Å². The van der Waals surface area contributed by atoms with Crippen molar-refractivity contribution in [3.8, 4) is 22.8 Å². The fraction of sp³-hybridized carbons (Fsp3) is 0.0500. The maximum atomic E-state index is 12.9. The molecule has 0 aliphatic carbocycles. The van der Waals surface area contributed by atoms with E-state index in [1.807, 2.05) is 24.3 Å². The fourth-order valence-electron chi connectivity index (χ4n) is 3.01. The van der Waals surface area contributed by atoms with E-state index in [-0.39, 0.29) is 0 Å². The van der Waals surface area contributed by atoms with Crippen LogP contribution in [0.3, 0.4) is 0 Å². The summed E-state index contributed by atoms with van der Waals surface area (Å²) in [5, 5.41) is 0. The van der Waals surface area contributed by atoms with Gasteiger partial charge < -0.3 is 9.40 Å². The number of H-pyrrole nitrogens is 1. The molecule has 5 rings (SSSR count). The average molecular weight is 380 g/mol. The van der Waals surface area contributed by atoms with Gasteiger partial charge in [0.1, 0.15) is 5.52 Å². The Labute approximate surface area is 155 Å². The summed E-state index contributed by atoms with van der Waals surface area (Å²) in [6.45, 7) is 0. The number of fused-ring (bicyclic) bond motifs is 2. The molecule has 3 aromatic heterocycles. The van der Waals surface area contributed by atoms with E-state index in [0.717, 1.165) is 23.3 Å². The molecule has 8 heteroatoms. The number of halogens is 3. The van der Waals surface area contributed by atoms with Gasteiger partial charge in [0.25, 0.3) is 5.89 Å². The van der Waals surface area contributed by atoms with Crippen molar-refractivity contribution in [3.63, 3.8) is 0 Å². The van der Waals surface area contributed by atoms with Crippen LogP contribution in [-0.2, 0) is 6.18 Å². The molecular weight excluding hydrogens is 369 g/mol. The van der Waals surface area contributed by atoms with Gasteiger partial charge in [-0.25, -0.2) is 9.97 Å². The van der Waals surface area contributed by atoms with Crippen LogP contribution in [-0.4, -0.2) is 19.9 Å². The van der Waals surface area contributed by atoms with E-state index in [0.29, 0.717) is 33.9 Å². The molecule has 0 radical (unpaired) electrons. The van der Waals surface area contributed by atoms with Crippen molar-refractivity contribution >= 4 is 22.1 Å². The summed E-state index contributed by atoms with van der Waals surface area (Å²) < 4.78 is 44.6. The van der Waals surface area contributed by atoms with Gasteiger partial charge >= 0.3 is 6.18 Å². The van der Waals surface area contributed by atoms with Crippen LogP contribution in [0.4, 0.5) is 13.2 Å². The highest BCUT2D eigenvalue weighted by atomic mass is 19.4. The third-order valence-electron chi connectivity index (χ3n) is 4.38. The van der Waals surface area contributed by atoms with E-state index in [9.17, 15) is 13.2 Å². The molecule has 5 nitrogen and oxygen atoms in total. The minimum atomic E-state index is -4.45. The SMILES string of the molecule is FC(F)(F)c1cncc(-c2ccc3nc(-c4nc5ccccc5[nH]4)oc3c2)c1. The van der Waals surface area contributed by atoms with Gasteiger partial charge in [0.15, 0.2) is 11.4 Å². The summed E-state index contributed by atoms with van der Waals surface area (Å²) >= 11 is 0. The minimum absolute atomic E-state index is 0.311. The second kappa shape index (κ2) is 5.91. The molecule has 0 unspecified atom stereocenters. The number of aromatic nitrogens is 4. The van der Waals surface area contributed by atoms with Crippen LogP contribution in [0.25, 0.3) is 45.0 Å². The van der Waals surface area contributed by atoms with Gasteiger partial charge in [-0.05, 0) is 35.9 Å². The molecule has 2 aromatic carbocycles. The van der Waals surface area contributed by atoms with Crippen molar-refractivity contribution in [2.45, 2.75) is 6.18 Å². The van der Waals surface area contributed by atoms with Gasteiger partial charge in [-0.15, -0.1) is 0 Å². The number of hydrogen-bond acceptors (Lipinski definition) is 4. The number of imidazole rings is 1. The summed E-state index contributed by atoms with van der Waals surface area (Å²) in [6.07, 6.45) is -2.27. The fourth-order valence-corrected chi connectivity index (χ4v) is 3.01. The largest absolute Gasteiger partial charge is 0.434 e. The lowest BCUT2D eigenvalue weighted by atomic mass is 10.1. The first-order valence-electron chi connectivity index (χ1n) is 8.36. The van der Waals surface area contributed by atoms with Crippen molar-refractivity contribution in [2.24, 2.45) is 0 Å². The second-order valence-corrected chi connectivity index (χ2v) is 6.26. The minimum Gasteiger partial charge on any atom is -0.434 e. The number of alkyl halides is 3. The molecule has 0 spiro atoms. The van der Waals surface area contributed by atoms with E-state index >= 15 is 0 Å². The quantitative estimate of drug-likeness (QED) is 0.442. The number of nitrogens with zero attached hydrogens (tertiary/aromatic N) is 3. The van der Waals surface area contributed by atoms with Crippen LogP contribution in [0, 0.1) is 0 Å². The van der Waals surface area contributed by atoms with Crippen LogP contribution in [0.2, 0.25) is 0 Å². The summed E-state index contributed by atoms with van der Waals surface area (Å²) in [5.41, 5.74) is 2.78. The van der Waals surface area contributed by atoms with Gasteiger partial charge in [0, 0.05) is 18.0 Å². The first-order valence-corrected chi connectivity index (χ1v) is 8.36. The molecule has 0 saturated carbocycles. The molecule has 5 aromatic rings. The summed E-state index contributed by atoms with van der Waals surface area (Å²) in [4.78, 5) is 15.7. The van der Waals surface area contributed by atoms with Gasteiger partial charge in [-0.3, -0.25) is 4.98 Å². The van der Waals surface area contributed by atoms with Crippen molar-refractivity contribution < 1.29 is 17.6 Å². The highest BCUT2D eigenvalue weighted by molar-refractivity contribution is 5.83. The van der Waals surface area contributed by atoms with Crippen molar-refractivity contribution in [2.75, 3.05) is 0 Å². The van der Waals surface area contributed by atoms with Crippen LogP contribution < -0.4 is 0 Å². The number of aromatic amines is 1. The third-order valence-corrected chi connectivity index (χ3v) is 4.38. The number of pyridine rings is 1. The molecular formula is C20H11F3N4O. The zero-order chi connectivity index (χ0) is 19.3. The molecule has 138 valence electrons. The van der Waals surface area contributed by atoms with E-state index in [4.69, 9.17) is 4.42 Å². The Hall–Kier alpha value is -3.68. The Kier molecular flexibility index (Phi) is 3.48. The van der Waals surface area contributed by atoms with E-state index in [1.165, 1.54) is 6.20 Å². The standard InChI is InChI=1S/C20H11F3N4O/c21-20(22,23)13-7-12(9-24-10-13)11-5-6-16-17(8-11)28-19(27-16)18-25-14-3-1-2-4-15(14)26-18/h1-10H,(H,25,26). The van der Waals surface area contributed by atoms with Crippen molar-refractivity contribution in [3.05, 3.63) is 66.5 Å². The lowest BCUT2D eigenvalue weighted by Crippen LogP contribution is -2.05. The summed E-state index contributed by atoms with van der Waals surface area (Å²) in [7, 11) is 0. The van der Waals surface area contributed by atoms with E-state index in [2.05, 4.69) is 19.9 Å². The Morgan fingerprint density at radius 2 is 1.71 bits per heavy atom. The predicted molar refractivity (Wildman–Crippen MR) is 97.3 cm³/mol. The summed E-state index contributed by atoms with van der Waals surface area (Å²) in [6, 6.07) is 13.6.